The highest BCUT2D eigenvalue weighted by Crippen LogP contribution is 2.11. The lowest BCUT2D eigenvalue weighted by molar-refractivity contribution is 0.223. The molecule has 96 valence electrons. The second-order valence-electron chi connectivity index (χ2n) is 4.66. The Labute approximate surface area is 105 Å². The van der Waals surface area contributed by atoms with Gasteiger partial charge in [0.05, 0.1) is 0 Å². The third kappa shape index (κ3) is 5.29. The number of nitrogens with two attached hydrogens (primary N) is 1. The minimum absolute atomic E-state index is 0.495. The summed E-state index contributed by atoms with van der Waals surface area (Å²) in [7, 11) is 2.16. The van der Waals surface area contributed by atoms with E-state index in [0.717, 1.165) is 13.1 Å². The number of nitrogens with zero attached hydrogens (tertiary/aromatic N) is 2. The zero-order chi connectivity index (χ0) is 12.5. The van der Waals surface area contributed by atoms with E-state index in [1.54, 1.807) is 0 Å². The summed E-state index contributed by atoms with van der Waals surface area (Å²) in [4.78, 5) is 6.39. The van der Waals surface area contributed by atoms with Gasteiger partial charge in [-0.05, 0) is 31.2 Å². The molecule has 0 amide bonds. The van der Waals surface area contributed by atoms with Crippen LogP contribution in [0.1, 0.15) is 38.2 Å². The molecule has 3 heteroatoms. The van der Waals surface area contributed by atoms with Crippen LogP contribution >= 0.6 is 0 Å². The number of pyridine rings is 1. The Morgan fingerprint density at radius 3 is 2.59 bits per heavy atom. The van der Waals surface area contributed by atoms with Crippen LogP contribution < -0.4 is 5.73 Å². The van der Waals surface area contributed by atoms with Crippen LogP contribution in [0.4, 0.5) is 0 Å². The van der Waals surface area contributed by atoms with Gasteiger partial charge in [0, 0.05) is 31.5 Å². The van der Waals surface area contributed by atoms with E-state index in [9.17, 15) is 0 Å². The molecule has 1 heterocycles. The molecular formula is C14H25N3. The van der Waals surface area contributed by atoms with E-state index in [1.165, 1.54) is 31.2 Å². The third-order valence-electron chi connectivity index (χ3n) is 3.22. The number of hydrogen-bond acceptors (Lipinski definition) is 3. The topological polar surface area (TPSA) is 42.1 Å². The largest absolute Gasteiger partial charge is 0.329 e. The van der Waals surface area contributed by atoms with Gasteiger partial charge in [0.1, 0.15) is 0 Å². The smallest absolute Gasteiger partial charge is 0.0271 e. The van der Waals surface area contributed by atoms with Gasteiger partial charge < -0.3 is 5.73 Å². The molecule has 0 aromatic carbocycles. The fraction of sp³-hybridized carbons (Fsp3) is 0.643. The Morgan fingerprint density at radius 1 is 1.29 bits per heavy atom. The Kier molecular flexibility index (Phi) is 6.82. The normalized spacial score (nSPS) is 12.9. The van der Waals surface area contributed by atoms with Gasteiger partial charge in [-0.25, -0.2) is 0 Å². The minimum atomic E-state index is 0.495. The maximum absolute atomic E-state index is 5.86. The first-order chi connectivity index (χ1) is 8.27. The average Bonchev–Trinajstić information content (AvgIpc) is 2.36. The zero-order valence-corrected chi connectivity index (χ0v) is 11.1. The molecule has 1 aromatic rings. The van der Waals surface area contributed by atoms with E-state index in [2.05, 4.69) is 36.0 Å². The first-order valence-corrected chi connectivity index (χ1v) is 6.57. The molecule has 17 heavy (non-hydrogen) atoms. The van der Waals surface area contributed by atoms with Crippen LogP contribution in [-0.2, 0) is 6.54 Å². The summed E-state index contributed by atoms with van der Waals surface area (Å²) in [6, 6.07) is 4.63. The molecule has 0 aliphatic rings. The number of likely N-dealkylation sites (N-methyl/N-ethyl adjacent to an activating group) is 1. The van der Waals surface area contributed by atoms with Crippen LogP contribution in [0.3, 0.4) is 0 Å². The molecular weight excluding hydrogens is 210 g/mol. The van der Waals surface area contributed by atoms with E-state index in [4.69, 9.17) is 5.73 Å². The number of unbranched alkanes of at least 4 members (excludes halogenated alkanes) is 2. The fourth-order valence-corrected chi connectivity index (χ4v) is 2.05. The van der Waals surface area contributed by atoms with Crippen molar-refractivity contribution in [1.29, 1.82) is 0 Å². The van der Waals surface area contributed by atoms with Gasteiger partial charge in [0.2, 0.25) is 0 Å². The SMILES string of the molecule is CCCCCC(CN)N(C)Cc1ccncc1. The second-order valence-corrected chi connectivity index (χ2v) is 4.66. The summed E-state index contributed by atoms with van der Waals surface area (Å²) in [5, 5.41) is 0. The molecule has 0 bridgehead atoms. The van der Waals surface area contributed by atoms with Crippen LogP contribution in [0.5, 0.6) is 0 Å². The highest BCUT2D eigenvalue weighted by molar-refractivity contribution is 5.09. The molecule has 0 saturated carbocycles. The van der Waals surface area contributed by atoms with E-state index in [-0.39, 0.29) is 0 Å². The lowest BCUT2D eigenvalue weighted by Crippen LogP contribution is -2.37. The molecule has 1 rings (SSSR count). The van der Waals surface area contributed by atoms with E-state index < -0.39 is 0 Å². The van der Waals surface area contributed by atoms with Crippen molar-refractivity contribution >= 4 is 0 Å². The molecule has 1 atom stereocenters. The number of aromatic nitrogens is 1. The molecule has 1 aromatic heterocycles. The maximum atomic E-state index is 5.86. The molecule has 2 N–H and O–H groups in total. The van der Waals surface area contributed by atoms with Crippen molar-refractivity contribution in [3.05, 3.63) is 30.1 Å². The van der Waals surface area contributed by atoms with Crippen LogP contribution in [0, 0.1) is 0 Å². The Morgan fingerprint density at radius 2 is 2.00 bits per heavy atom. The molecule has 3 nitrogen and oxygen atoms in total. The van der Waals surface area contributed by atoms with Crippen LogP contribution in [-0.4, -0.2) is 29.5 Å². The molecule has 0 saturated heterocycles. The van der Waals surface area contributed by atoms with Crippen molar-refractivity contribution in [3.63, 3.8) is 0 Å². The van der Waals surface area contributed by atoms with Crippen LogP contribution in [0.15, 0.2) is 24.5 Å². The van der Waals surface area contributed by atoms with E-state index in [0.29, 0.717) is 6.04 Å². The summed E-state index contributed by atoms with van der Waals surface area (Å²) in [5.74, 6) is 0. The number of rotatable bonds is 8. The zero-order valence-electron chi connectivity index (χ0n) is 11.1. The summed E-state index contributed by atoms with van der Waals surface area (Å²) in [6.45, 7) is 3.93. The fourth-order valence-electron chi connectivity index (χ4n) is 2.05. The van der Waals surface area contributed by atoms with Gasteiger partial charge in [-0.1, -0.05) is 26.2 Å². The predicted molar refractivity (Wildman–Crippen MR) is 72.7 cm³/mol. The first-order valence-electron chi connectivity index (χ1n) is 6.57. The summed E-state index contributed by atoms with van der Waals surface area (Å²) >= 11 is 0. The van der Waals surface area contributed by atoms with E-state index >= 15 is 0 Å². The highest BCUT2D eigenvalue weighted by atomic mass is 15.1. The number of hydrogen-bond donors (Lipinski definition) is 1. The molecule has 0 aliphatic heterocycles. The Balaban J connectivity index is 2.40. The summed E-state index contributed by atoms with van der Waals surface area (Å²) < 4.78 is 0. The Bertz CT molecular complexity index is 287. The van der Waals surface area contributed by atoms with Gasteiger partial charge in [0.15, 0.2) is 0 Å². The monoisotopic (exact) mass is 235 g/mol. The van der Waals surface area contributed by atoms with Gasteiger partial charge >= 0.3 is 0 Å². The van der Waals surface area contributed by atoms with Crippen molar-refractivity contribution in [2.24, 2.45) is 5.73 Å². The summed E-state index contributed by atoms with van der Waals surface area (Å²) in [5.41, 5.74) is 7.16. The van der Waals surface area contributed by atoms with Crippen LogP contribution in [0.25, 0.3) is 0 Å². The lowest BCUT2D eigenvalue weighted by atomic mass is 10.1. The minimum Gasteiger partial charge on any atom is -0.329 e. The average molecular weight is 235 g/mol. The van der Waals surface area contributed by atoms with Crippen molar-refractivity contribution in [2.75, 3.05) is 13.6 Å². The highest BCUT2D eigenvalue weighted by Gasteiger charge is 2.12. The molecule has 0 radical (unpaired) electrons. The first kappa shape index (κ1) is 14.1. The van der Waals surface area contributed by atoms with Crippen molar-refractivity contribution in [1.82, 2.24) is 9.88 Å². The lowest BCUT2D eigenvalue weighted by Gasteiger charge is -2.27. The summed E-state index contributed by atoms with van der Waals surface area (Å²) in [6.07, 6.45) is 8.74. The second kappa shape index (κ2) is 8.20. The van der Waals surface area contributed by atoms with Gasteiger partial charge in [0.25, 0.3) is 0 Å². The van der Waals surface area contributed by atoms with Crippen molar-refractivity contribution in [3.8, 4) is 0 Å². The van der Waals surface area contributed by atoms with Crippen LogP contribution in [0.2, 0.25) is 0 Å². The molecule has 0 aliphatic carbocycles. The van der Waals surface area contributed by atoms with Gasteiger partial charge in [-0.3, -0.25) is 9.88 Å². The van der Waals surface area contributed by atoms with Gasteiger partial charge in [-0.2, -0.15) is 0 Å². The predicted octanol–water partition coefficient (Wildman–Crippen LogP) is 2.42. The third-order valence-corrected chi connectivity index (χ3v) is 3.22. The van der Waals surface area contributed by atoms with E-state index in [1.807, 2.05) is 12.4 Å². The molecule has 0 spiro atoms. The van der Waals surface area contributed by atoms with Gasteiger partial charge in [-0.15, -0.1) is 0 Å². The molecule has 1 unspecified atom stereocenters. The van der Waals surface area contributed by atoms with Crippen molar-refractivity contribution in [2.45, 2.75) is 45.2 Å². The molecule has 0 fully saturated rings. The standard InChI is InChI=1S/C14H25N3/c1-3-4-5-6-14(11-15)17(2)12-13-7-9-16-10-8-13/h7-10,14H,3-6,11-12,15H2,1-2H3. The quantitative estimate of drug-likeness (QED) is 0.704. The maximum Gasteiger partial charge on any atom is 0.0271 e. The van der Waals surface area contributed by atoms with Crippen molar-refractivity contribution < 1.29 is 0 Å². The Hall–Kier alpha value is -0.930.